The zero-order chi connectivity index (χ0) is 15.4. The van der Waals surface area contributed by atoms with Gasteiger partial charge in [0, 0.05) is 31.9 Å². The zero-order valence-electron chi connectivity index (χ0n) is 12.9. The summed E-state index contributed by atoms with van der Waals surface area (Å²) in [4.78, 5) is 13.9. The minimum Gasteiger partial charge on any atom is -0.481 e. The van der Waals surface area contributed by atoms with E-state index < -0.39 is 11.4 Å². The van der Waals surface area contributed by atoms with Crippen LogP contribution in [0.4, 0.5) is 5.69 Å². The molecule has 1 saturated carbocycles. The molecular weight excluding hydrogens is 280 g/mol. The van der Waals surface area contributed by atoms with Crippen LogP contribution in [-0.4, -0.2) is 55.4 Å². The Bertz CT molecular complexity index is 505. The molecule has 0 amide bonds. The standard InChI is InChI=1S/C17H24N2O3/c20-16(21)17(6-1-7-17)14-2-4-15(5-3-14)18-8-9-19-10-12-22-13-11-19/h2-5,18H,1,6-13H2,(H,20,21). The highest BCUT2D eigenvalue weighted by Gasteiger charge is 2.45. The van der Waals surface area contributed by atoms with Crippen LogP contribution in [0.5, 0.6) is 0 Å². The molecule has 0 aromatic heterocycles. The maximum atomic E-state index is 11.5. The summed E-state index contributed by atoms with van der Waals surface area (Å²) in [5, 5.41) is 12.9. The van der Waals surface area contributed by atoms with Gasteiger partial charge < -0.3 is 15.2 Å². The average Bonchev–Trinajstić information content (AvgIpc) is 2.48. The van der Waals surface area contributed by atoms with Gasteiger partial charge in [0.15, 0.2) is 0 Å². The van der Waals surface area contributed by atoms with E-state index in [-0.39, 0.29) is 0 Å². The van der Waals surface area contributed by atoms with Crippen molar-refractivity contribution in [2.24, 2.45) is 0 Å². The van der Waals surface area contributed by atoms with Crippen LogP contribution in [0.25, 0.3) is 0 Å². The van der Waals surface area contributed by atoms with Crippen LogP contribution in [0.15, 0.2) is 24.3 Å². The fourth-order valence-electron chi connectivity index (χ4n) is 3.25. The summed E-state index contributed by atoms with van der Waals surface area (Å²) in [6.07, 6.45) is 2.52. The number of carboxylic acid groups (broad SMARTS) is 1. The van der Waals surface area contributed by atoms with E-state index in [0.29, 0.717) is 0 Å². The molecule has 0 radical (unpaired) electrons. The van der Waals surface area contributed by atoms with Gasteiger partial charge in [0.1, 0.15) is 0 Å². The number of nitrogens with one attached hydrogen (secondary N) is 1. The zero-order valence-corrected chi connectivity index (χ0v) is 12.9. The summed E-state index contributed by atoms with van der Waals surface area (Å²) >= 11 is 0. The van der Waals surface area contributed by atoms with Crippen LogP contribution in [0.2, 0.25) is 0 Å². The van der Waals surface area contributed by atoms with E-state index in [1.807, 2.05) is 24.3 Å². The number of carboxylic acids is 1. The highest BCUT2D eigenvalue weighted by Crippen LogP contribution is 2.44. The van der Waals surface area contributed by atoms with Crippen molar-refractivity contribution in [1.82, 2.24) is 4.90 Å². The van der Waals surface area contributed by atoms with Crippen molar-refractivity contribution in [1.29, 1.82) is 0 Å². The Labute approximate surface area is 131 Å². The highest BCUT2D eigenvalue weighted by atomic mass is 16.5. The fourth-order valence-corrected chi connectivity index (χ4v) is 3.25. The molecule has 0 spiro atoms. The third-order valence-corrected chi connectivity index (χ3v) is 4.91. The van der Waals surface area contributed by atoms with Crippen molar-refractivity contribution in [3.8, 4) is 0 Å². The largest absolute Gasteiger partial charge is 0.481 e. The number of hydrogen-bond donors (Lipinski definition) is 2. The Morgan fingerprint density at radius 1 is 1.23 bits per heavy atom. The molecule has 1 aliphatic carbocycles. The first-order valence-electron chi connectivity index (χ1n) is 8.09. The van der Waals surface area contributed by atoms with E-state index in [9.17, 15) is 9.90 Å². The summed E-state index contributed by atoms with van der Waals surface area (Å²) < 4.78 is 5.33. The van der Waals surface area contributed by atoms with E-state index in [1.165, 1.54) is 0 Å². The minimum absolute atomic E-state index is 0.633. The first-order chi connectivity index (χ1) is 10.7. The topological polar surface area (TPSA) is 61.8 Å². The molecule has 1 aliphatic heterocycles. The Morgan fingerprint density at radius 3 is 2.45 bits per heavy atom. The maximum absolute atomic E-state index is 11.5. The Balaban J connectivity index is 1.52. The SMILES string of the molecule is O=C(O)C1(c2ccc(NCCN3CCOCC3)cc2)CCC1. The number of anilines is 1. The lowest BCUT2D eigenvalue weighted by Crippen LogP contribution is -2.42. The Hall–Kier alpha value is -1.59. The third kappa shape index (κ3) is 3.10. The van der Waals surface area contributed by atoms with E-state index in [4.69, 9.17) is 4.74 Å². The third-order valence-electron chi connectivity index (χ3n) is 4.91. The molecule has 1 heterocycles. The molecule has 3 rings (SSSR count). The van der Waals surface area contributed by atoms with Gasteiger partial charge >= 0.3 is 5.97 Å². The predicted molar refractivity (Wildman–Crippen MR) is 85.4 cm³/mol. The van der Waals surface area contributed by atoms with Gasteiger partial charge in [-0.05, 0) is 30.5 Å². The summed E-state index contributed by atoms with van der Waals surface area (Å²) in [6.45, 7) is 5.55. The van der Waals surface area contributed by atoms with Crippen LogP contribution in [-0.2, 0) is 14.9 Å². The van der Waals surface area contributed by atoms with Gasteiger partial charge in [0.25, 0.3) is 0 Å². The molecule has 1 aromatic carbocycles. The number of carbonyl (C=O) groups is 1. The van der Waals surface area contributed by atoms with Crippen molar-refractivity contribution in [3.05, 3.63) is 29.8 Å². The Morgan fingerprint density at radius 2 is 1.91 bits per heavy atom. The van der Waals surface area contributed by atoms with E-state index in [2.05, 4.69) is 10.2 Å². The Kier molecular flexibility index (Phi) is 4.64. The second kappa shape index (κ2) is 6.67. The van der Waals surface area contributed by atoms with Gasteiger partial charge in [-0.3, -0.25) is 9.69 Å². The number of benzene rings is 1. The summed E-state index contributed by atoms with van der Waals surface area (Å²) in [7, 11) is 0. The van der Waals surface area contributed by atoms with Crippen LogP contribution in [0.1, 0.15) is 24.8 Å². The van der Waals surface area contributed by atoms with Crippen LogP contribution >= 0.6 is 0 Å². The van der Waals surface area contributed by atoms with Crippen molar-refractivity contribution < 1.29 is 14.6 Å². The van der Waals surface area contributed by atoms with Crippen molar-refractivity contribution >= 4 is 11.7 Å². The molecule has 0 unspecified atom stereocenters. The monoisotopic (exact) mass is 304 g/mol. The van der Waals surface area contributed by atoms with Crippen LogP contribution < -0.4 is 5.32 Å². The van der Waals surface area contributed by atoms with Gasteiger partial charge in [-0.2, -0.15) is 0 Å². The smallest absolute Gasteiger partial charge is 0.314 e. The number of aliphatic carboxylic acids is 1. The summed E-state index contributed by atoms with van der Waals surface area (Å²) in [5.74, 6) is -0.688. The van der Waals surface area contributed by atoms with Crippen molar-refractivity contribution in [2.75, 3.05) is 44.7 Å². The molecule has 5 heteroatoms. The molecule has 1 aromatic rings. The first-order valence-corrected chi connectivity index (χ1v) is 8.09. The molecule has 2 N–H and O–H groups in total. The van der Waals surface area contributed by atoms with Gasteiger partial charge in [-0.25, -0.2) is 0 Å². The van der Waals surface area contributed by atoms with Crippen molar-refractivity contribution in [2.45, 2.75) is 24.7 Å². The van der Waals surface area contributed by atoms with E-state index in [1.54, 1.807) is 0 Å². The van der Waals surface area contributed by atoms with Crippen LogP contribution in [0.3, 0.4) is 0 Å². The fraction of sp³-hybridized carbons (Fsp3) is 0.588. The predicted octanol–water partition coefficient (Wildman–Crippen LogP) is 1.94. The maximum Gasteiger partial charge on any atom is 0.314 e. The van der Waals surface area contributed by atoms with Crippen molar-refractivity contribution in [3.63, 3.8) is 0 Å². The highest BCUT2D eigenvalue weighted by molar-refractivity contribution is 5.82. The lowest BCUT2D eigenvalue weighted by molar-refractivity contribution is -0.147. The molecule has 0 atom stereocenters. The number of morpholine rings is 1. The summed E-state index contributed by atoms with van der Waals surface area (Å²) in [6, 6.07) is 7.92. The number of hydrogen-bond acceptors (Lipinski definition) is 4. The lowest BCUT2D eigenvalue weighted by atomic mass is 9.64. The molecular formula is C17H24N2O3. The average molecular weight is 304 g/mol. The number of rotatable bonds is 6. The molecule has 0 bridgehead atoms. The van der Waals surface area contributed by atoms with Crippen LogP contribution in [0, 0.1) is 0 Å². The van der Waals surface area contributed by atoms with Gasteiger partial charge in [-0.1, -0.05) is 18.6 Å². The molecule has 120 valence electrons. The molecule has 1 saturated heterocycles. The van der Waals surface area contributed by atoms with E-state index >= 15 is 0 Å². The summed E-state index contributed by atoms with van der Waals surface area (Å²) in [5.41, 5.74) is 1.36. The molecule has 22 heavy (non-hydrogen) atoms. The van der Waals surface area contributed by atoms with E-state index in [0.717, 1.165) is 69.9 Å². The van der Waals surface area contributed by atoms with Gasteiger partial charge in [-0.15, -0.1) is 0 Å². The lowest BCUT2D eigenvalue weighted by Gasteiger charge is -2.38. The molecule has 2 fully saturated rings. The minimum atomic E-state index is -0.688. The first kappa shape index (κ1) is 15.3. The van der Waals surface area contributed by atoms with Gasteiger partial charge in [0.2, 0.25) is 0 Å². The molecule has 2 aliphatic rings. The number of ether oxygens (including phenoxy) is 1. The van der Waals surface area contributed by atoms with Gasteiger partial charge in [0.05, 0.1) is 18.6 Å². The number of nitrogens with zero attached hydrogens (tertiary/aromatic N) is 1. The second-order valence-electron chi connectivity index (χ2n) is 6.20. The quantitative estimate of drug-likeness (QED) is 0.841. The second-order valence-corrected chi connectivity index (χ2v) is 6.20. The molecule has 5 nitrogen and oxygen atoms in total. The normalized spacial score (nSPS) is 21.1.